The molecule has 150 valence electrons. The van der Waals surface area contributed by atoms with Crippen molar-refractivity contribution in [2.45, 2.75) is 13.8 Å². The molecule has 0 fully saturated rings. The maximum absolute atomic E-state index is 11.3. The summed E-state index contributed by atoms with van der Waals surface area (Å²) in [6, 6.07) is 8.33. The Morgan fingerprint density at radius 3 is 1.89 bits per heavy atom. The van der Waals surface area contributed by atoms with E-state index in [1.165, 1.54) is 18.2 Å². The van der Waals surface area contributed by atoms with Gasteiger partial charge >= 0.3 is 11.9 Å². The smallest absolute Gasteiger partial charge is 0.339 e. The van der Waals surface area contributed by atoms with Crippen LogP contribution in [0.4, 0.5) is 11.4 Å². The number of anilines is 1. The maximum atomic E-state index is 11.3. The lowest BCUT2D eigenvalue weighted by Crippen LogP contribution is -2.05. The van der Waals surface area contributed by atoms with Crippen LogP contribution in [-0.2, 0) is 9.47 Å². The van der Waals surface area contributed by atoms with E-state index in [-0.39, 0.29) is 22.9 Å². The normalized spacial score (nSPS) is 9.71. The fourth-order valence-corrected chi connectivity index (χ4v) is 2.29. The molecule has 0 radical (unpaired) electrons. The number of hydrogen-bond donors (Lipinski definition) is 1. The number of nitro groups is 1. The highest BCUT2D eigenvalue weighted by molar-refractivity contribution is 6.34. The van der Waals surface area contributed by atoms with Crippen molar-refractivity contribution < 1.29 is 24.0 Å². The number of carbonyl (C=O) groups is 2. The van der Waals surface area contributed by atoms with Gasteiger partial charge in [0.05, 0.1) is 39.3 Å². The largest absolute Gasteiger partial charge is 0.462 e. The number of non-ortho nitro benzene ring substituents is 1. The van der Waals surface area contributed by atoms with Gasteiger partial charge in [-0.2, -0.15) is 0 Å². The Morgan fingerprint density at radius 1 is 0.964 bits per heavy atom. The molecular weight excluding hydrogens is 411 g/mol. The predicted octanol–water partition coefficient (Wildman–Crippen LogP) is 4.52. The summed E-state index contributed by atoms with van der Waals surface area (Å²) in [6.07, 6.45) is 0. The number of halogens is 2. The van der Waals surface area contributed by atoms with E-state index < -0.39 is 16.9 Å². The van der Waals surface area contributed by atoms with E-state index in [0.29, 0.717) is 22.9 Å². The first kappa shape index (κ1) is 23.2. The molecule has 0 aromatic heterocycles. The van der Waals surface area contributed by atoms with Gasteiger partial charge in [0, 0.05) is 17.8 Å². The lowest BCUT2D eigenvalue weighted by Gasteiger charge is -2.04. The minimum Gasteiger partial charge on any atom is -0.462 e. The third kappa shape index (κ3) is 6.71. The third-order valence-electron chi connectivity index (χ3n) is 3.14. The molecule has 2 rings (SSSR count). The van der Waals surface area contributed by atoms with Crippen LogP contribution in [0.25, 0.3) is 0 Å². The summed E-state index contributed by atoms with van der Waals surface area (Å²) in [6.45, 7) is 3.89. The van der Waals surface area contributed by atoms with Crippen LogP contribution in [0, 0.1) is 10.1 Å². The number of rotatable bonds is 5. The van der Waals surface area contributed by atoms with Gasteiger partial charge in [-0.1, -0.05) is 23.2 Å². The van der Waals surface area contributed by atoms with Crippen molar-refractivity contribution in [3.63, 3.8) is 0 Å². The number of benzene rings is 2. The summed E-state index contributed by atoms with van der Waals surface area (Å²) in [7, 11) is 0. The Balaban J connectivity index is 0.000000283. The molecule has 0 bridgehead atoms. The fourth-order valence-electron chi connectivity index (χ4n) is 1.90. The Kier molecular flexibility index (Phi) is 9.20. The van der Waals surface area contributed by atoms with Gasteiger partial charge in [0.15, 0.2) is 0 Å². The van der Waals surface area contributed by atoms with Crippen LogP contribution in [0.5, 0.6) is 0 Å². The molecule has 0 unspecified atom stereocenters. The highest BCUT2D eigenvalue weighted by atomic mass is 35.5. The van der Waals surface area contributed by atoms with Gasteiger partial charge < -0.3 is 15.2 Å². The van der Waals surface area contributed by atoms with Gasteiger partial charge in [-0.25, -0.2) is 9.59 Å². The number of nitrogen functional groups attached to an aromatic ring is 1. The first-order chi connectivity index (χ1) is 13.2. The number of nitrogens with zero attached hydrogens (tertiary/aromatic N) is 1. The SMILES string of the molecule is CCOC(=O)c1cc(N)ccc1Cl.CCOC(=O)c1cc([N+](=O)[O-])ccc1Cl. The Morgan fingerprint density at radius 2 is 1.43 bits per heavy atom. The molecule has 0 heterocycles. The van der Waals surface area contributed by atoms with E-state index in [9.17, 15) is 19.7 Å². The molecule has 0 saturated carbocycles. The molecule has 2 N–H and O–H groups in total. The van der Waals surface area contributed by atoms with Crippen LogP contribution in [0.15, 0.2) is 36.4 Å². The van der Waals surface area contributed by atoms with Gasteiger partial charge in [0.2, 0.25) is 0 Å². The van der Waals surface area contributed by atoms with Gasteiger partial charge in [-0.15, -0.1) is 0 Å². The quantitative estimate of drug-likeness (QED) is 0.321. The molecule has 10 heteroatoms. The monoisotopic (exact) mass is 428 g/mol. The van der Waals surface area contributed by atoms with Crippen molar-refractivity contribution in [1.82, 2.24) is 0 Å². The van der Waals surface area contributed by atoms with Crippen LogP contribution in [0.1, 0.15) is 34.6 Å². The van der Waals surface area contributed by atoms with Crippen molar-refractivity contribution in [1.29, 1.82) is 0 Å². The van der Waals surface area contributed by atoms with Crippen molar-refractivity contribution in [3.05, 3.63) is 67.7 Å². The van der Waals surface area contributed by atoms with E-state index in [0.717, 1.165) is 6.07 Å². The molecular formula is C18H18Cl2N2O6. The van der Waals surface area contributed by atoms with Crippen LogP contribution in [0.2, 0.25) is 10.0 Å². The van der Waals surface area contributed by atoms with Crippen molar-refractivity contribution in [2.75, 3.05) is 18.9 Å². The maximum Gasteiger partial charge on any atom is 0.339 e. The van der Waals surface area contributed by atoms with Gasteiger partial charge in [0.25, 0.3) is 5.69 Å². The van der Waals surface area contributed by atoms with Gasteiger partial charge in [-0.05, 0) is 38.1 Å². The number of hydrogen-bond acceptors (Lipinski definition) is 7. The zero-order valence-electron chi connectivity index (χ0n) is 15.1. The lowest BCUT2D eigenvalue weighted by atomic mass is 10.2. The zero-order valence-corrected chi connectivity index (χ0v) is 16.6. The molecule has 0 spiro atoms. The molecule has 0 amide bonds. The molecule has 0 aliphatic carbocycles. The van der Waals surface area contributed by atoms with Crippen LogP contribution >= 0.6 is 23.2 Å². The number of nitrogens with two attached hydrogens (primary N) is 1. The minimum absolute atomic E-state index is 0.00715. The predicted molar refractivity (Wildman–Crippen MR) is 106 cm³/mol. The van der Waals surface area contributed by atoms with E-state index in [1.54, 1.807) is 26.0 Å². The van der Waals surface area contributed by atoms with Crippen molar-refractivity contribution in [3.8, 4) is 0 Å². The molecule has 0 aliphatic rings. The average Bonchev–Trinajstić information content (AvgIpc) is 2.64. The summed E-state index contributed by atoms with van der Waals surface area (Å²) in [5, 5.41) is 10.9. The number of esters is 2. The number of nitro benzene ring substituents is 1. The Hall–Kier alpha value is -2.84. The van der Waals surface area contributed by atoms with Gasteiger partial charge in [0.1, 0.15) is 0 Å². The van der Waals surface area contributed by atoms with Crippen LogP contribution < -0.4 is 5.73 Å². The number of ether oxygens (including phenoxy) is 2. The first-order valence-electron chi connectivity index (χ1n) is 8.04. The molecule has 2 aromatic carbocycles. The second-order valence-electron chi connectivity index (χ2n) is 5.10. The molecule has 0 atom stereocenters. The molecule has 0 aliphatic heterocycles. The fraction of sp³-hybridized carbons (Fsp3) is 0.222. The summed E-state index contributed by atoms with van der Waals surface area (Å²) in [5.74, 6) is -1.11. The van der Waals surface area contributed by atoms with E-state index >= 15 is 0 Å². The summed E-state index contributed by atoms with van der Waals surface area (Å²) in [4.78, 5) is 32.4. The second-order valence-corrected chi connectivity index (χ2v) is 5.92. The van der Waals surface area contributed by atoms with Crippen molar-refractivity contribution in [2.24, 2.45) is 0 Å². The second kappa shape index (κ2) is 11.1. The highest BCUT2D eigenvalue weighted by Crippen LogP contribution is 2.22. The van der Waals surface area contributed by atoms with E-state index in [4.69, 9.17) is 38.4 Å². The van der Waals surface area contributed by atoms with Crippen LogP contribution in [0.3, 0.4) is 0 Å². The molecule has 2 aromatic rings. The average molecular weight is 429 g/mol. The first-order valence-corrected chi connectivity index (χ1v) is 8.80. The summed E-state index contributed by atoms with van der Waals surface area (Å²) < 4.78 is 9.48. The lowest BCUT2D eigenvalue weighted by molar-refractivity contribution is -0.384. The standard InChI is InChI=1S/C9H8ClNO4.C9H10ClNO2/c1-2-15-9(12)7-5-6(11(13)14)3-4-8(7)10;1-2-13-9(12)7-5-6(11)3-4-8(7)10/h3-5H,2H2,1H3;3-5H,2,11H2,1H3. The molecule has 8 nitrogen and oxygen atoms in total. The summed E-state index contributed by atoms with van der Waals surface area (Å²) in [5.41, 5.74) is 6.11. The van der Waals surface area contributed by atoms with Gasteiger partial charge in [-0.3, -0.25) is 10.1 Å². The van der Waals surface area contributed by atoms with E-state index in [1.807, 2.05) is 0 Å². The minimum atomic E-state index is -0.661. The van der Waals surface area contributed by atoms with Crippen LogP contribution in [-0.4, -0.2) is 30.1 Å². The topological polar surface area (TPSA) is 122 Å². The highest BCUT2D eigenvalue weighted by Gasteiger charge is 2.16. The zero-order chi connectivity index (χ0) is 21.3. The molecule has 28 heavy (non-hydrogen) atoms. The summed E-state index contributed by atoms with van der Waals surface area (Å²) >= 11 is 11.5. The third-order valence-corrected chi connectivity index (χ3v) is 3.80. The van der Waals surface area contributed by atoms with E-state index in [2.05, 4.69) is 0 Å². The van der Waals surface area contributed by atoms with Crippen molar-refractivity contribution >= 4 is 46.5 Å². The number of carbonyl (C=O) groups excluding carboxylic acids is 2. The Bertz CT molecular complexity index is 873. The molecule has 0 saturated heterocycles. The Labute approximate surface area is 171 Å².